The summed E-state index contributed by atoms with van der Waals surface area (Å²) in [6.07, 6.45) is 2.27. The third-order valence-corrected chi connectivity index (χ3v) is 3.40. The summed E-state index contributed by atoms with van der Waals surface area (Å²) in [4.78, 5) is 0. The van der Waals surface area contributed by atoms with E-state index in [4.69, 9.17) is 5.41 Å². The summed E-state index contributed by atoms with van der Waals surface area (Å²) in [7, 11) is 0. The van der Waals surface area contributed by atoms with Crippen LogP contribution in [0.15, 0.2) is 30.3 Å². The first-order valence-electron chi connectivity index (χ1n) is 5.57. The summed E-state index contributed by atoms with van der Waals surface area (Å²) in [5, 5.41) is 8.26. The van der Waals surface area contributed by atoms with Crippen molar-refractivity contribution in [3.8, 4) is 0 Å². The Balaban J connectivity index is 2.17. The van der Waals surface area contributed by atoms with E-state index in [1.54, 1.807) is 0 Å². The van der Waals surface area contributed by atoms with Crippen molar-refractivity contribution in [2.24, 2.45) is 10.8 Å². The van der Waals surface area contributed by atoms with Crippen molar-refractivity contribution >= 4 is 5.71 Å². The summed E-state index contributed by atoms with van der Waals surface area (Å²) < 4.78 is 0. The molecule has 1 fully saturated rings. The van der Waals surface area contributed by atoms with E-state index in [0.717, 1.165) is 24.1 Å². The summed E-state index contributed by atoms with van der Waals surface area (Å²) in [5.74, 6) is 0. The number of benzene rings is 1. The lowest BCUT2D eigenvalue weighted by molar-refractivity contribution is 0.0623. The van der Waals surface area contributed by atoms with Gasteiger partial charge in [-0.25, -0.2) is 0 Å². The fourth-order valence-electron chi connectivity index (χ4n) is 3.19. The third kappa shape index (κ3) is 1.83. The van der Waals surface area contributed by atoms with Gasteiger partial charge in [0.25, 0.3) is 0 Å². The molecule has 0 radical (unpaired) electrons. The number of nitrogens with one attached hydrogen (secondary N) is 1. The van der Waals surface area contributed by atoms with Gasteiger partial charge in [0.2, 0.25) is 0 Å². The molecule has 0 spiro atoms. The number of rotatable bonds is 2. The zero-order chi connectivity index (χ0) is 11.1. The second-order valence-electron chi connectivity index (χ2n) is 5.82. The van der Waals surface area contributed by atoms with Gasteiger partial charge in [0.15, 0.2) is 0 Å². The summed E-state index contributed by atoms with van der Waals surface area (Å²) in [6, 6.07) is 10.1. The van der Waals surface area contributed by atoms with E-state index in [-0.39, 0.29) is 5.41 Å². The number of hydrogen-bond donors (Lipinski definition) is 1. The van der Waals surface area contributed by atoms with Crippen LogP contribution >= 0.6 is 0 Å². The Labute approximate surface area is 92.0 Å². The van der Waals surface area contributed by atoms with E-state index in [1.807, 2.05) is 30.3 Å². The monoisotopic (exact) mass is 201 g/mol. The van der Waals surface area contributed by atoms with E-state index in [0.29, 0.717) is 5.41 Å². The van der Waals surface area contributed by atoms with Crippen LogP contribution in [0.4, 0.5) is 0 Å². The van der Waals surface area contributed by atoms with Gasteiger partial charge in [0, 0.05) is 11.1 Å². The smallest absolute Gasteiger partial charge is 0.0445 e. The van der Waals surface area contributed by atoms with Gasteiger partial charge in [0.1, 0.15) is 0 Å². The van der Waals surface area contributed by atoms with Crippen LogP contribution < -0.4 is 0 Å². The molecule has 2 rings (SSSR count). The Morgan fingerprint density at radius 2 is 1.60 bits per heavy atom. The van der Waals surface area contributed by atoms with E-state index in [9.17, 15) is 0 Å². The fourth-order valence-corrected chi connectivity index (χ4v) is 3.19. The molecule has 1 aromatic rings. The molecule has 1 aliphatic rings. The van der Waals surface area contributed by atoms with E-state index >= 15 is 0 Å². The zero-order valence-corrected chi connectivity index (χ0v) is 9.80. The van der Waals surface area contributed by atoms with Crippen LogP contribution in [-0.4, -0.2) is 5.71 Å². The second-order valence-corrected chi connectivity index (χ2v) is 5.82. The minimum Gasteiger partial charge on any atom is -0.304 e. The highest BCUT2D eigenvalue weighted by molar-refractivity contribution is 6.02. The predicted octanol–water partition coefficient (Wildman–Crippen LogP) is 3.88. The quantitative estimate of drug-likeness (QED) is 0.702. The second kappa shape index (κ2) is 3.19. The highest BCUT2D eigenvalue weighted by Gasteiger charge is 2.48. The first-order valence-corrected chi connectivity index (χ1v) is 5.57. The first kappa shape index (κ1) is 10.4. The molecule has 1 aliphatic carbocycles. The van der Waals surface area contributed by atoms with Crippen molar-refractivity contribution in [3.63, 3.8) is 0 Å². The first-order chi connectivity index (χ1) is 6.93. The molecule has 0 atom stereocenters. The standard InChI is InChI=1S/C14H19N/c1-13(2)9-14(3,10-13)12(15)11-7-5-4-6-8-11/h4-8,15H,9-10H2,1-3H3. The van der Waals surface area contributed by atoms with E-state index < -0.39 is 0 Å². The molecular weight excluding hydrogens is 182 g/mol. The molecule has 0 amide bonds. The summed E-state index contributed by atoms with van der Waals surface area (Å²) in [5.41, 5.74) is 2.42. The van der Waals surface area contributed by atoms with Gasteiger partial charge in [0.05, 0.1) is 0 Å². The van der Waals surface area contributed by atoms with Crippen LogP contribution in [0.1, 0.15) is 39.2 Å². The molecule has 1 aromatic carbocycles. The molecule has 15 heavy (non-hydrogen) atoms. The summed E-state index contributed by atoms with van der Waals surface area (Å²) in [6.45, 7) is 6.79. The average molecular weight is 201 g/mol. The Morgan fingerprint density at radius 3 is 2.07 bits per heavy atom. The molecule has 0 aromatic heterocycles. The SMILES string of the molecule is CC1(C)CC(C)(C(=N)c2ccccc2)C1. The predicted molar refractivity (Wildman–Crippen MR) is 64.4 cm³/mol. The molecule has 1 nitrogen and oxygen atoms in total. The molecule has 80 valence electrons. The molecule has 0 heterocycles. The van der Waals surface area contributed by atoms with Crippen molar-refractivity contribution in [3.05, 3.63) is 35.9 Å². The minimum absolute atomic E-state index is 0.102. The Morgan fingerprint density at radius 1 is 1.07 bits per heavy atom. The largest absolute Gasteiger partial charge is 0.304 e. The average Bonchev–Trinajstić information content (AvgIpc) is 2.15. The van der Waals surface area contributed by atoms with Gasteiger partial charge in [-0.3, -0.25) is 0 Å². The lowest BCUT2D eigenvalue weighted by atomic mass is 9.53. The lowest BCUT2D eigenvalue weighted by Crippen LogP contribution is -2.46. The molecule has 0 saturated heterocycles. The fraction of sp³-hybridized carbons (Fsp3) is 0.500. The summed E-state index contributed by atoms with van der Waals surface area (Å²) >= 11 is 0. The van der Waals surface area contributed by atoms with Crippen molar-refractivity contribution in [1.29, 1.82) is 5.41 Å². The van der Waals surface area contributed by atoms with Crippen LogP contribution in [0.2, 0.25) is 0 Å². The third-order valence-electron chi connectivity index (χ3n) is 3.40. The van der Waals surface area contributed by atoms with Crippen molar-refractivity contribution in [1.82, 2.24) is 0 Å². The van der Waals surface area contributed by atoms with Crippen LogP contribution in [0.25, 0.3) is 0 Å². The molecule has 1 saturated carbocycles. The minimum atomic E-state index is 0.102. The maximum Gasteiger partial charge on any atom is 0.0445 e. The van der Waals surface area contributed by atoms with Gasteiger partial charge < -0.3 is 5.41 Å². The maximum absolute atomic E-state index is 8.26. The number of hydrogen-bond acceptors (Lipinski definition) is 1. The van der Waals surface area contributed by atoms with Crippen LogP contribution in [0.3, 0.4) is 0 Å². The van der Waals surface area contributed by atoms with Gasteiger partial charge >= 0.3 is 0 Å². The van der Waals surface area contributed by atoms with E-state index in [1.165, 1.54) is 0 Å². The topological polar surface area (TPSA) is 23.9 Å². The molecule has 1 N–H and O–H groups in total. The van der Waals surface area contributed by atoms with Crippen LogP contribution in [0, 0.1) is 16.2 Å². The highest BCUT2D eigenvalue weighted by Crippen LogP contribution is 2.55. The Hall–Kier alpha value is -1.11. The molecule has 1 heteroatoms. The van der Waals surface area contributed by atoms with Crippen LogP contribution in [0.5, 0.6) is 0 Å². The zero-order valence-electron chi connectivity index (χ0n) is 9.80. The normalized spacial score (nSPS) is 21.8. The molecule has 0 bridgehead atoms. The van der Waals surface area contributed by atoms with Crippen molar-refractivity contribution < 1.29 is 0 Å². The van der Waals surface area contributed by atoms with Gasteiger partial charge in [-0.15, -0.1) is 0 Å². The lowest BCUT2D eigenvalue weighted by Gasteiger charge is -2.51. The van der Waals surface area contributed by atoms with Crippen molar-refractivity contribution in [2.75, 3.05) is 0 Å². The molecule has 0 aliphatic heterocycles. The Kier molecular flexibility index (Phi) is 2.22. The van der Waals surface area contributed by atoms with E-state index in [2.05, 4.69) is 20.8 Å². The molecule has 0 unspecified atom stereocenters. The van der Waals surface area contributed by atoms with Gasteiger partial charge in [-0.2, -0.15) is 0 Å². The van der Waals surface area contributed by atoms with Crippen LogP contribution in [-0.2, 0) is 0 Å². The van der Waals surface area contributed by atoms with Gasteiger partial charge in [-0.05, 0) is 23.8 Å². The highest BCUT2D eigenvalue weighted by atomic mass is 14.6. The maximum atomic E-state index is 8.26. The Bertz CT molecular complexity index is 368. The van der Waals surface area contributed by atoms with Crippen molar-refractivity contribution in [2.45, 2.75) is 33.6 Å². The molecular formula is C14H19N. The van der Waals surface area contributed by atoms with Gasteiger partial charge in [-0.1, -0.05) is 51.1 Å².